The molecule has 26 heavy (non-hydrogen) atoms. The van der Waals surface area contributed by atoms with Gasteiger partial charge in [0.15, 0.2) is 6.61 Å². The zero-order chi connectivity index (χ0) is 18.7. The van der Waals surface area contributed by atoms with E-state index >= 15 is 0 Å². The molecule has 1 heterocycles. The predicted octanol–water partition coefficient (Wildman–Crippen LogP) is 4.41. The van der Waals surface area contributed by atoms with Crippen LogP contribution in [0.15, 0.2) is 47.3 Å². The molecule has 8 heteroatoms. The molecule has 2 N–H and O–H groups in total. The summed E-state index contributed by atoms with van der Waals surface area (Å²) in [5, 5.41) is 23.1. The smallest absolute Gasteiger partial charge is 0.341 e. The van der Waals surface area contributed by atoms with Gasteiger partial charge < -0.3 is 19.5 Å². The molecule has 0 aliphatic rings. The Morgan fingerprint density at radius 3 is 2.54 bits per heavy atom. The Bertz CT molecular complexity index is 918. The predicted molar refractivity (Wildman–Crippen MR) is 96.0 cm³/mol. The number of hydrogen-bond acceptors (Lipinski definition) is 5. The first-order valence-electron chi connectivity index (χ1n) is 7.48. The fourth-order valence-electron chi connectivity index (χ4n) is 2.44. The van der Waals surface area contributed by atoms with Gasteiger partial charge in [-0.2, -0.15) is 0 Å². The van der Waals surface area contributed by atoms with Crippen LogP contribution in [0.25, 0.3) is 11.1 Å². The molecule has 0 saturated heterocycles. The molecule has 0 saturated carbocycles. The lowest BCUT2D eigenvalue weighted by atomic mass is 9.99. The van der Waals surface area contributed by atoms with E-state index in [9.17, 15) is 9.90 Å². The van der Waals surface area contributed by atoms with E-state index in [4.69, 9.17) is 37.6 Å². The number of carbonyl (C=O) groups is 1. The van der Waals surface area contributed by atoms with Crippen molar-refractivity contribution in [3.63, 3.8) is 0 Å². The fraction of sp³-hybridized carbons (Fsp3) is 0.111. The standard InChI is InChI=1S/C18H13Cl2NO5/c19-15-5-12(25-9-18(23)24)6-16(20)14(15)4-10-1-2-17(22)13(3-10)11-7-21-26-8-11/h1-3,5-8,22H,4,9H2,(H,23,24). The van der Waals surface area contributed by atoms with Crippen LogP contribution in [0.2, 0.25) is 10.0 Å². The molecule has 1 aromatic heterocycles. The first kappa shape index (κ1) is 18.1. The second-order valence-electron chi connectivity index (χ2n) is 5.49. The molecule has 0 unspecified atom stereocenters. The Balaban J connectivity index is 1.87. The molecule has 134 valence electrons. The quantitative estimate of drug-likeness (QED) is 0.644. The summed E-state index contributed by atoms with van der Waals surface area (Å²) < 4.78 is 9.91. The van der Waals surface area contributed by atoms with Crippen molar-refractivity contribution in [3.05, 3.63) is 64.0 Å². The molecule has 0 amide bonds. The van der Waals surface area contributed by atoms with Crippen LogP contribution in [0.4, 0.5) is 0 Å². The molecule has 0 spiro atoms. The molecule has 0 atom stereocenters. The maximum atomic E-state index is 10.6. The van der Waals surface area contributed by atoms with Gasteiger partial charge in [0.1, 0.15) is 17.8 Å². The molecular weight excluding hydrogens is 381 g/mol. The summed E-state index contributed by atoms with van der Waals surface area (Å²) in [5.41, 5.74) is 2.76. The van der Waals surface area contributed by atoms with Crippen LogP contribution in [0.5, 0.6) is 11.5 Å². The summed E-state index contributed by atoms with van der Waals surface area (Å²) >= 11 is 12.6. The van der Waals surface area contributed by atoms with Crippen LogP contribution in [-0.2, 0) is 11.2 Å². The number of phenolic OH excluding ortho intramolecular Hbond substituents is 1. The second kappa shape index (κ2) is 7.68. The van der Waals surface area contributed by atoms with Gasteiger partial charge in [-0.25, -0.2) is 4.79 Å². The van der Waals surface area contributed by atoms with Gasteiger partial charge in [0, 0.05) is 27.6 Å². The molecule has 2 aromatic carbocycles. The summed E-state index contributed by atoms with van der Waals surface area (Å²) in [5.74, 6) is -0.708. The number of carboxylic acid groups (broad SMARTS) is 1. The second-order valence-corrected chi connectivity index (χ2v) is 6.30. The fourth-order valence-corrected chi connectivity index (χ4v) is 3.04. The largest absolute Gasteiger partial charge is 0.507 e. The number of halogens is 2. The summed E-state index contributed by atoms with van der Waals surface area (Å²) in [4.78, 5) is 10.6. The number of ether oxygens (including phenoxy) is 1. The number of nitrogens with zero attached hydrogens (tertiary/aromatic N) is 1. The molecule has 0 aliphatic heterocycles. The van der Waals surface area contributed by atoms with Gasteiger partial charge >= 0.3 is 5.97 Å². The number of aliphatic carboxylic acids is 1. The maximum absolute atomic E-state index is 10.6. The van der Waals surface area contributed by atoms with Crippen LogP contribution in [-0.4, -0.2) is 27.9 Å². The topological polar surface area (TPSA) is 92.8 Å². The van der Waals surface area contributed by atoms with Gasteiger partial charge in [0.2, 0.25) is 0 Å². The summed E-state index contributed by atoms with van der Waals surface area (Å²) in [6.45, 7) is -0.480. The van der Waals surface area contributed by atoms with Gasteiger partial charge in [-0.15, -0.1) is 0 Å². The first-order chi connectivity index (χ1) is 12.4. The van der Waals surface area contributed by atoms with Gasteiger partial charge in [-0.1, -0.05) is 34.4 Å². The zero-order valence-corrected chi connectivity index (χ0v) is 14.8. The number of aromatic nitrogens is 1. The zero-order valence-electron chi connectivity index (χ0n) is 13.3. The highest BCUT2D eigenvalue weighted by atomic mass is 35.5. The van der Waals surface area contributed by atoms with Crippen molar-refractivity contribution in [1.29, 1.82) is 0 Å². The van der Waals surface area contributed by atoms with Gasteiger partial charge in [-0.05, 0) is 35.4 Å². The van der Waals surface area contributed by atoms with Crippen molar-refractivity contribution in [3.8, 4) is 22.6 Å². The van der Waals surface area contributed by atoms with Crippen LogP contribution in [0, 0.1) is 0 Å². The monoisotopic (exact) mass is 393 g/mol. The number of phenols is 1. The molecule has 3 aromatic rings. The third-order valence-corrected chi connectivity index (χ3v) is 4.34. The van der Waals surface area contributed by atoms with E-state index in [1.54, 1.807) is 18.2 Å². The SMILES string of the molecule is O=C(O)COc1cc(Cl)c(Cc2ccc(O)c(-c3cnoc3)c2)c(Cl)c1. The van der Waals surface area contributed by atoms with Crippen molar-refractivity contribution in [2.45, 2.75) is 6.42 Å². The van der Waals surface area contributed by atoms with Gasteiger partial charge in [0.05, 0.1) is 6.20 Å². The van der Waals surface area contributed by atoms with Crippen LogP contribution >= 0.6 is 23.2 Å². The lowest BCUT2D eigenvalue weighted by Crippen LogP contribution is -2.09. The van der Waals surface area contributed by atoms with Crippen molar-refractivity contribution >= 4 is 29.2 Å². The van der Waals surface area contributed by atoms with Crippen molar-refractivity contribution in [2.75, 3.05) is 6.61 Å². The molecule has 0 radical (unpaired) electrons. The highest BCUT2D eigenvalue weighted by molar-refractivity contribution is 6.36. The van der Waals surface area contributed by atoms with Crippen molar-refractivity contribution in [1.82, 2.24) is 5.16 Å². The van der Waals surface area contributed by atoms with E-state index < -0.39 is 12.6 Å². The van der Waals surface area contributed by atoms with Gasteiger partial charge in [-0.3, -0.25) is 0 Å². The molecule has 0 bridgehead atoms. The van der Waals surface area contributed by atoms with Gasteiger partial charge in [0.25, 0.3) is 0 Å². The Morgan fingerprint density at radius 1 is 1.19 bits per heavy atom. The lowest BCUT2D eigenvalue weighted by Gasteiger charge is -2.12. The van der Waals surface area contributed by atoms with E-state index in [0.717, 1.165) is 5.56 Å². The average Bonchev–Trinajstić information content (AvgIpc) is 3.12. The van der Waals surface area contributed by atoms with Crippen LogP contribution in [0.3, 0.4) is 0 Å². The number of carboxylic acids is 1. The molecular formula is C18H13Cl2NO5. The third-order valence-electron chi connectivity index (χ3n) is 3.66. The highest BCUT2D eigenvalue weighted by Crippen LogP contribution is 2.34. The Morgan fingerprint density at radius 2 is 1.92 bits per heavy atom. The highest BCUT2D eigenvalue weighted by Gasteiger charge is 2.13. The molecule has 3 rings (SSSR count). The number of aromatic hydroxyl groups is 1. The Kier molecular flexibility index (Phi) is 5.35. The van der Waals surface area contributed by atoms with Crippen LogP contribution in [0.1, 0.15) is 11.1 Å². The van der Waals surface area contributed by atoms with E-state index in [1.165, 1.54) is 24.6 Å². The van der Waals surface area contributed by atoms with E-state index in [0.29, 0.717) is 33.2 Å². The normalized spacial score (nSPS) is 10.7. The lowest BCUT2D eigenvalue weighted by molar-refractivity contribution is -0.139. The van der Waals surface area contributed by atoms with E-state index in [1.807, 2.05) is 0 Å². The number of benzene rings is 2. The third kappa shape index (κ3) is 4.09. The molecule has 6 nitrogen and oxygen atoms in total. The maximum Gasteiger partial charge on any atom is 0.341 e. The summed E-state index contributed by atoms with van der Waals surface area (Å²) in [6, 6.07) is 8.17. The Hall–Kier alpha value is -2.70. The minimum atomic E-state index is -1.09. The molecule has 0 aliphatic carbocycles. The first-order valence-corrected chi connectivity index (χ1v) is 8.24. The Labute approximate surface area is 158 Å². The summed E-state index contributed by atoms with van der Waals surface area (Å²) in [7, 11) is 0. The van der Waals surface area contributed by atoms with E-state index in [-0.39, 0.29) is 11.5 Å². The van der Waals surface area contributed by atoms with Crippen molar-refractivity contribution in [2.24, 2.45) is 0 Å². The number of rotatable bonds is 6. The van der Waals surface area contributed by atoms with E-state index in [2.05, 4.69) is 5.16 Å². The average molecular weight is 394 g/mol. The minimum Gasteiger partial charge on any atom is -0.507 e. The minimum absolute atomic E-state index is 0.103. The summed E-state index contributed by atoms with van der Waals surface area (Å²) in [6.07, 6.45) is 3.36. The number of hydrogen-bond donors (Lipinski definition) is 2. The van der Waals surface area contributed by atoms with Crippen LogP contribution < -0.4 is 4.74 Å². The molecule has 0 fully saturated rings. The van der Waals surface area contributed by atoms with Crippen molar-refractivity contribution < 1.29 is 24.3 Å².